The molecule has 3 N–H and O–H groups in total. The van der Waals surface area contributed by atoms with E-state index in [1.807, 2.05) is 25.1 Å². The van der Waals surface area contributed by atoms with Gasteiger partial charge in [0.15, 0.2) is 16.6 Å². The van der Waals surface area contributed by atoms with Gasteiger partial charge in [0.1, 0.15) is 0 Å². The summed E-state index contributed by atoms with van der Waals surface area (Å²) >= 11 is 1.36. The highest BCUT2D eigenvalue weighted by molar-refractivity contribution is 7.22. The summed E-state index contributed by atoms with van der Waals surface area (Å²) in [4.78, 5) is 16.4. The van der Waals surface area contributed by atoms with Crippen LogP contribution in [0.15, 0.2) is 36.4 Å². The van der Waals surface area contributed by atoms with Crippen LogP contribution in [0.4, 0.5) is 5.13 Å². The summed E-state index contributed by atoms with van der Waals surface area (Å²) in [5.41, 5.74) is 1.93. The number of phenolic OH excluding ortho intramolecular Hbond substituents is 2. The monoisotopic (exact) mass is 300 g/mol. The minimum atomic E-state index is -0.515. The first-order chi connectivity index (χ1) is 10.0. The van der Waals surface area contributed by atoms with E-state index in [0.29, 0.717) is 5.13 Å². The fraction of sp³-hybridized carbons (Fsp3) is 0.0667. The number of rotatable bonds is 2. The predicted octanol–water partition coefficient (Wildman–Crippen LogP) is 3.27. The highest BCUT2D eigenvalue weighted by Gasteiger charge is 2.15. The molecule has 5 nitrogen and oxygen atoms in total. The second-order valence-electron chi connectivity index (χ2n) is 4.62. The lowest BCUT2D eigenvalue weighted by Gasteiger charge is -2.05. The molecule has 1 heterocycles. The molecule has 0 saturated carbocycles. The number of carbonyl (C=O) groups is 1. The molecule has 0 aliphatic heterocycles. The number of nitrogens with one attached hydrogen (secondary N) is 1. The van der Waals surface area contributed by atoms with E-state index in [1.165, 1.54) is 29.5 Å². The van der Waals surface area contributed by atoms with Crippen LogP contribution in [-0.2, 0) is 0 Å². The minimum Gasteiger partial charge on any atom is -0.504 e. The molecule has 6 heteroatoms. The number of aromatic nitrogens is 1. The zero-order valence-corrected chi connectivity index (χ0v) is 11.9. The Morgan fingerprint density at radius 1 is 1.24 bits per heavy atom. The SMILES string of the molecule is Cc1ccc2nc(NC(=O)c3cccc(O)c3O)sc2c1. The number of aromatic hydroxyl groups is 2. The molecule has 1 amide bonds. The molecule has 106 valence electrons. The Kier molecular flexibility index (Phi) is 3.23. The van der Waals surface area contributed by atoms with Crippen molar-refractivity contribution in [1.82, 2.24) is 4.98 Å². The van der Waals surface area contributed by atoms with Gasteiger partial charge in [-0.15, -0.1) is 0 Å². The number of amides is 1. The van der Waals surface area contributed by atoms with E-state index in [9.17, 15) is 15.0 Å². The van der Waals surface area contributed by atoms with E-state index in [4.69, 9.17) is 0 Å². The number of para-hydroxylation sites is 1. The number of aryl methyl sites for hydroxylation is 1. The van der Waals surface area contributed by atoms with Crippen LogP contribution in [0.3, 0.4) is 0 Å². The van der Waals surface area contributed by atoms with Crippen molar-refractivity contribution in [2.75, 3.05) is 5.32 Å². The third-order valence-corrected chi connectivity index (χ3v) is 3.96. The Labute approximate surface area is 124 Å². The summed E-state index contributed by atoms with van der Waals surface area (Å²) in [5, 5.41) is 22.2. The Hall–Kier alpha value is -2.60. The molecule has 2 aromatic carbocycles. The van der Waals surface area contributed by atoms with Crippen molar-refractivity contribution in [2.45, 2.75) is 6.92 Å². The topological polar surface area (TPSA) is 82.5 Å². The van der Waals surface area contributed by atoms with E-state index in [-0.39, 0.29) is 11.3 Å². The number of thiazole rings is 1. The molecule has 0 atom stereocenters. The summed E-state index contributed by atoms with van der Waals surface area (Å²) < 4.78 is 0.977. The van der Waals surface area contributed by atoms with Crippen molar-refractivity contribution in [3.05, 3.63) is 47.5 Å². The van der Waals surface area contributed by atoms with Gasteiger partial charge in [0, 0.05) is 0 Å². The van der Waals surface area contributed by atoms with E-state index in [1.54, 1.807) is 0 Å². The van der Waals surface area contributed by atoms with Gasteiger partial charge in [-0.25, -0.2) is 4.98 Å². The molecule has 3 rings (SSSR count). The Balaban J connectivity index is 1.91. The number of carbonyl (C=O) groups excluding carboxylic acids is 1. The quantitative estimate of drug-likeness (QED) is 0.634. The summed E-state index contributed by atoms with van der Waals surface area (Å²) in [6.07, 6.45) is 0. The predicted molar refractivity (Wildman–Crippen MR) is 82.1 cm³/mol. The van der Waals surface area contributed by atoms with Crippen molar-refractivity contribution >= 4 is 32.6 Å². The maximum absolute atomic E-state index is 12.1. The molecule has 0 aliphatic carbocycles. The third kappa shape index (κ3) is 2.53. The number of nitrogens with zero attached hydrogens (tertiary/aromatic N) is 1. The van der Waals surface area contributed by atoms with E-state index in [0.717, 1.165) is 15.8 Å². The van der Waals surface area contributed by atoms with Gasteiger partial charge >= 0.3 is 0 Å². The molecule has 0 unspecified atom stereocenters. The molecule has 21 heavy (non-hydrogen) atoms. The first kappa shape index (κ1) is 13.4. The maximum Gasteiger partial charge on any atom is 0.261 e. The van der Waals surface area contributed by atoms with E-state index >= 15 is 0 Å². The van der Waals surface area contributed by atoms with Crippen LogP contribution in [0.1, 0.15) is 15.9 Å². The lowest BCUT2D eigenvalue weighted by Crippen LogP contribution is -2.11. The molecule has 1 aromatic heterocycles. The lowest BCUT2D eigenvalue weighted by atomic mass is 10.2. The fourth-order valence-corrected chi connectivity index (χ4v) is 2.92. The minimum absolute atomic E-state index is 0.00503. The normalized spacial score (nSPS) is 10.7. The Bertz CT molecular complexity index is 842. The number of anilines is 1. The van der Waals surface area contributed by atoms with Gasteiger partial charge in [-0.05, 0) is 36.8 Å². The summed E-state index contributed by atoms with van der Waals surface area (Å²) in [7, 11) is 0. The first-order valence-electron chi connectivity index (χ1n) is 6.24. The lowest BCUT2D eigenvalue weighted by molar-refractivity contribution is 0.102. The van der Waals surface area contributed by atoms with Crippen LogP contribution in [0.5, 0.6) is 11.5 Å². The Morgan fingerprint density at radius 2 is 2.05 bits per heavy atom. The van der Waals surface area contributed by atoms with E-state index in [2.05, 4.69) is 10.3 Å². The van der Waals surface area contributed by atoms with Crippen LogP contribution >= 0.6 is 11.3 Å². The fourth-order valence-electron chi connectivity index (χ4n) is 1.96. The third-order valence-electron chi connectivity index (χ3n) is 3.02. The second kappa shape index (κ2) is 5.06. The zero-order chi connectivity index (χ0) is 15.0. The van der Waals surface area contributed by atoms with Crippen LogP contribution in [-0.4, -0.2) is 21.1 Å². The van der Waals surface area contributed by atoms with Crippen LogP contribution in [0, 0.1) is 6.92 Å². The summed E-state index contributed by atoms with van der Waals surface area (Å²) in [6, 6.07) is 10.1. The maximum atomic E-state index is 12.1. The average molecular weight is 300 g/mol. The van der Waals surface area contributed by atoms with Crippen molar-refractivity contribution in [3.8, 4) is 11.5 Å². The number of phenols is 2. The highest BCUT2D eigenvalue weighted by Crippen LogP contribution is 2.30. The largest absolute Gasteiger partial charge is 0.504 e. The molecule has 0 saturated heterocycles. The molecule has 0 fully saturated rings. The van der Waals surface area contributed by atoms with Crippen molar-refractivity contribution in [2.24, 2.45) is 0 Å². The van der Waals surface area contributed by atoms with Crippen molar-refractivity contribution in [3.63, 3.8) is 0 Å². The first-order valence-corrected chi connectivity index (χ1v) is 7.06. The number of fused-ring (bicyclic) bond motifs is 1. The average Bonchev–Trinajstić information content (AvgIpc) is 2.83. The molecule has 3 aromatic rings. The van der Waals surface area contributed by atoms with E-state index < -0.39 is 11.7 Å². The Morgan fingerprint density at radius 3 is 2.86 bits per heavy atom. The highest BCUT2D eigenvalue weighted by atomic mass is 32.1. The molecular formula is C15H12N2O3S. The van der Waals surface area contributed by atoms with Crippen molar-refractivity contribution < 1.29 is 15.0 Å². The van der Waals surface area contributed by atoms with Gasteiger partial charge in [-0.3, -0.25) is 10.1 Å². The van der Waals surface area contributed by atoms with Crippen molar-refractivity contribution in [1.29, 1.82) is 0 Å². The van der Waals surface area contributed by atoms with Gasteiger partial charge in [0.05, 0.1) is 15.8 Å². The smallest absolute Gasteiger partial charge is 0.261 e. The molecule has 0 radical (unpaired) electrons. The van der Waals surface area contributed by atoms with Crippen LogP contribution in [0.2, 0.25) is 0 Å². The second-order valence-corrected chi connectivity index (χ2v) is 5.65. The zero-order valence-electron chi connectivity index (χ0n) is 11.1. The standard InChI is InChI=1S/C15H12N2O3S/c1-8-5-6-10-12(7-8)21-15(16-10)17-14(20)9-3-2-4-11(18)13(9)19/h2-7,18-19H,1H3,(H,16,17,20). The van der Waals surface area contributed by atoms with Gasteiger partial charge in [0.2, 0.25) is 0 Å². The van der Waals surface area contributed by atoms with Gasteiger partial charge in [0.25, 0.3) is 5.91 Å². The van der Waals surface area contributed by atoms with Gasteiger partial charge < -0.3 is 10.2 Å². The number of benzene rings is 2. The number of hydrogen-bond donors (Lipinski definition) is 3. The number of hydrogen-bond acceptors (Lipinski definition) is 5. The van der Waals surface area contributed by atoms with Gasteiger partial charge in [-0.1, -0.05) is 23.5 Å². The molecular weight excluding hydrogens is 288 g/mol. The summed E-state index contributed by atoms with van der Waals surface area (Å²) in [5.74, 6) is -1.28. The molecule has 0 aliphatic rings. The van der Waals surface area contributed by atoms with Crippen LogP contribution < -0.4 is 5.32 Å². The summed E-state index contributed by atoms with van der Waals surface area (Å²) in [6.45, 7) is 1.99. The molecule has 0 bridgehead atoms. The molecule has 0 spiro atoms. The van der Waals surface area contributed by atoms with Crippen LogP contribution in [0.25, 0.3) is 10.2 Å². The van der Waals surface area contributed by atoms with Gasteiger partial charge in [-0.2, -0.15) is 0 Å².